The topological polar surface area (TPSA) is 65.1 Å². The maximum Gasteiger partial charge on any atom is 0.410 e. The van der Waals surface area contributed by atoms with Gasteiger partial charge in [-0.2, -0.15) is 0 Å². The van der Waals surface area contributed by atoms with Gasteiger partial charge in [0, 0.05) is 55.8 Å². The number of nitrogens with one attached hydrogen (secondary N) is 1. The van der Waals surface area contributed by atoms with Gasteiger partial charge >= 0.3 is 6.09 Å². The fourth-order valence-corrected chi connectivity index (χ4v) is 3.94. The number of carbonyl (C=O) groups excluding carboxylic acids is 2. The Labute approximate surface area is 175 Å². The fourth-order valence-electron chi connectivity index (χ4n) is 3.50. The van der Waals surface area contributed by atoms with E-state index in [-0.39, 0.29) is 12.0 Å². The third kappa shape index (κ3) is 4.90. The summed E-state index contributed by atoms with van der Waals surface area (Å²) < 4.78 is 6.39. The number of nitrogens with zero attached hydrogens (tertiary/aromatic N) is 3. The molecular formula is C20H29BrN4O3. The molecule has 0 radical (unpaired) electrons. The Bertz CT molecular complexity index is 743. The van der Waals surface area contributed by atoms with Crippen molar-refractivity contribution in [2.45, 2.75) is 26.4 Å². The van der Waals surface area contributed by atoms with Gasteiger partial charge in [0.05, 0.1) is 12.2 Å². The van der Waals surface area contributed by atoms with Crippen molar-refractivity contribution in [3.63, 3.8) is 0 Å². The van der Waals surface area contributed by atoms with Crippen molar-refractivity contribution >= 4 is 39.3 Å². The lowest BCUT2D eigenvalue weighted by Crippen LogP contribution is -2.58. The average Bonchev–Trinajstić information content (AvgIpc) is 2.57. The highest BCUT2D eigenvalue weighted by molar-refractivity contribution is 9.10. The van der Waals surface area contributed by atoms with E-state index >= 15 is 0 Å². The van der Waals surface area contributed by atoms with Crippen molar-refractivity contribution in [3.05, 3.63) is 22.7 Å². The van der Waals surface area contributed by atoms with E-state index in [9.17, 15) is 9.59 Å². The number of likely N-dealkylation sites (tertiary alicyclic amines) is 1. The first-order valence-electron chi connectivity index (χ1n) is 9.64. The van der Waals surface area contributed by atoms with Gasteiger partial charge in [0.15, 0.2) is 0 Å². The Hall–Kier alpha value is -1.96. The molecule has 2 aliphatic heterocycles. The van der Waals surface area contributed by atoms with E-state index in [4.69, 9.17) is 4.74 Å². The molecule has 0 atom stereocenters. The van der Waals surface area contributed by atoms with Gasteiger partial charge in [-0.3, -0.25) is 4.79 Å². The summed E-state index contributed by atoms with van der Waals surface area (Å²) in [6.45, 7) is 9.50. The fraction of sp³-hybridized carbons (Fsp3) is 0.600. The van der Waals surface area contributed by atoms with E-state index in [2.05, 4.69) is 32.2 Å². The molecule has 0 aliphatic carbocycles. The molecule has 2 saturated heterocycles. The molecule has 0 unspecified atom stereocenters. The summed E-state index contributed by atoms with van der Waals surface area (Å²) in [5.74, 6) is 0.461. The van der Waals surface area contributed by atoms with E-state index < -0.39 is 5.60 Å². The van der Waals surface area contributed by atoms with Crippen molar-refractivity contribution in [1.82, 2.24) is 9.80 Å². The molecule has 0 bridgehead atoms. The number of anilines is 2. The van der Waals surface area contributed by atoms with Crippen LogP contribution < -0.4 is 10.2 Å². The Morgan fingerprint density at radius 2 is 2.00 bits per heavy atom. The summed E-state index contributed by atoms with van der Waals surface area (Å²) in [6.07, 6.45) is -0.268. The highest BCUT2D eigenvalue weighted by Gasteiger charge is 2.36. The number of carbonyl (C=O) groups is 2. The van der Waals surface area contributed by atoms with Gasteiger partial charge < -0.3 is 24.8 Å². The molecular weight excluding hydrogens is 424 g/mol. The summed E-state index contributed by atoms with van der Waals surface area (Å²) in [5.41, 5.74) is 1.57. The molecule has 154 valence electrons. The van der Waals surface area contributed by atoms with Gasteiger partial charge in [0.1, 0.15) is 5.60 Å². The zero-order valence-corrected chi connectivity index (χ0v) is 18.6. The number of hydrogen-bond donors (Lipinski definition) is 1. The van der Waals surface area contributed by atoms with Gasteiger partial charge in [0.2, 0.25) is 5.91 Å². The molecule has 0 saturated carbocycles. The minimum Gasteiger partial charge on any atom is -0.444 e. The van der Waals surface area contributed by atoms with Crippen LogP contribution in [0, 0.1) is 5.92 Å². The number of piperazine rings is 1. The Balaban J connectivity index is 1.48. The quantitative estimate of drug-likeness (QED) is 0.760. The van der Waals surface area contributed by atoms with Crippen LogP contribution in [0.25, 0.3) is 0 Å². The number of halogens is 1. The summed E-state index contributed by atoms with van der Waals surface area (Å²) >= 11 is 3.52. The van der Waals surface area contributed by atoms with E-state index in [0.717, 1.165) is 22.4 Å². The second kappa shape index (κ2) is 8.19. The second-order valence-corrected chi connectivity index (χ2v) is 9.28. The normalized spacial score (nSPS) is 18.2. The summed E-state index contributed by atoms with van der Waals surface area (Å²) in [5, 5.41) is 3.15. The SMILES string of the molecule is CNc1cc(N2CCN(CC3CN(C(=O)OC(C)(C)C)C3)C(=O)C2)ccc1Br. The van der Waals surface area contributed by atoms with Gasteiger partial charge in [-0.15, -0.1) is 0 Å². The standard InChI is InChI=1S/C20H29BrN4O3/c1-20(2,3)28-19(27)25-11-14(12-25)10-24-8-7-23(13-18(24)26)15-5-6-16(21)17(9-15)22-4/h5-6,9,14,22H,7-8,10-13H2,1-4H3. The van der Waals surface area contributed by atoms with E-state index in [0.29, 0.717) is 38.6 Å². The Kier molecular flexibility index (Phi) is 6.07. The van der Waals surface area contributed by atoms with Crippen LogP contribution >= 0.6 is 15.9 Å². The molecule has 0 aromatic heterocycles. The first-order valence-corrected chi connectivity index (χ1v) is 10.4. The zero-order valence-electron chi connectivity index (χ0n) is 17.0. The predicted molar refractivity (Wildman–Crippen MR) is 114 cm³/mol. The lowest BCUT2D eigenvalue weighted by atomic mass is 9.99. The van der Waals surface area contributed by atoms with E-state index in [1.807, 2.05) is 44.9 Å². The maximum atomic E-state index is 12.6. The molecule has 8 heteroatoms. The molecule has 2 heterocycles. The molecule has 28 heavy (non-hydrogen) atoms. The smallest absolute Gasteiger partial charge is 0.410 e. The molecule has 2 amide bonds. The first-order chi connectivity index (χ1) is 13.2. The van der Waals surface area contributed by atoms with E-state index in [1.54, 1.807) is 4.90 Å². The Morgan fingerprint density at radius 1 is 1.29 bits per heavy atom. The lowest BCUT2D eigenvalue weighted by molar-refractivity contribution is -0.132. The third-order valence-electron chi connectivity index (χ3n) is 4.99. The molecule has 1 N–H and O–H groups in total. The second-order valence-electron chi connectivity index (χ2n) is 8.43. The zero-order chi connectivity index (χ0) is 20.5. The molecule has 2 fully saturated rings. The van der Waals surface area contributed by atoms with Crippen LogP contribution in [0.2, 0.25) is 0 Å². The van der Waals surface area contributed by atoms with Crippen molar-refractivity contribution in [2.75, 3.05) is 56.5 Å². The van der Waals surface area contributed by atoms with Crippen LogP contribution in [-0.4, -0.2) is 73.7 Å². The number of hydrogen-bond acceptors (Lipinski definition) is 5. The monoisotopic (exact) mass is 452 g/mol. The molecule has 1 aromatic rings. The van der Waals surface area contributed by atoms with Crippen molar-refractivity contribution in [3.8, 4) is 0 Å². The van der Waals surface area contributed by atoms with Crippen LogP contribution in [0.1, 0.15) is 20.8 Å². The molecule has 0 spiro atoms. The van der Waals surface area contributed by atoms with Crippen LogP contribution in [0.4, 0.5) is 16.2 Å². The first kappa shape index (κ1) is 20.8. The van der Waals surface area contributed by atoms with Crippen LogP contribution in [0.3, 0.4) is 0 Å². The van der Waals surface area contributed by atoms with E-state index in [1.165, 1.54) is 0 Å². The van der Waals surface area contributed by atoms with Crippen LogP contribution in [0.15, 0.2) is 22.7 Å². The summed E-state index contributed by atoms with van der Waals surface area (Å²) in [7, 11) is 1.88. The molecule has 2 aliphatic rings. The maximum absolute atomic E-state index is 12.6. The molecule has 1 aromatic carbocycles. The summed E-state index contributed by atoms with van der Waals surface area (Å²) in [6, 6.07) is 6.08. The highest BCUT2D eigenvalue weighted by atomic mass is 79.9. The largest absolute Gasteiger partial charge is 0.444 e. The summed E-state index contributed by atoms with van der Waals surface area (Å²) in [4.78, 5) is 30.4. The number of ether oxygens (including phenoxy) is 1. The number of rotatable bonds is 4. The molecule has 3 rings (SSSR count). The molecule has 7 nitrogen and oxygen atoms in total. The van der Waals surface area contributed by atoms with Crippen molar-refractivity contribution in [2.24, 2.45) is 5.92 Å². The van der Waals surface area contributed by atoms with Gasteiger partial charge in [-0.05, 0) is 54.9 Å². The third-order valence-corrected chi connectivity index (χ3v) is 5.68. The highest BCUT2D eigenvalue weighted by Crippen LogP contribution is 2.29. The van der Waals surface area contributed by atoms with Gasteiger partial charge in [-0.25, -0.2) is 4.79 Å². The number of amides is 2. The minimum atomic E-state index is -0.478. The van der Waals surface area contributed by atoms with Crippen LogP contribution in [0.5, 0.6) is 0 Å². The Morgan fingerprint density at radius 3 is 2.61 bits per heavy atom. The predicted octanol–water partition coefficient (Wildman–Crippen LogP) is 3.01. The lowest BCUT2D eigenvalue weighted by Gasteiger charge is -2.43. The van der Waals surface area contributed by atoms with Gasteiger partial charge in [-0.1, -0.05) is 0 Å². The van der Waals surface area contributed by atoms with Gasteiger partial charge in [0.25, 0.3) is 0 Å². The van der Waals surface area contributed by atoms with Crippen LogP contribution in [-0.2, 0) is 9.53 Å². The average molecular weight is 453 g/mol. The minimum absolute atomic E-state index is 0.135. The number of benzene rings is 1. The van der Waals surface area contributed by atoms with Crippen molar-refractivity contribution < 1.29 is 14.3 Å². The van der Waals surface area contributed by atoms with Crippen molar-refractivity contribution in [1.29, 1.82) is 0 Å².